The van der Waals surface area contributed by atoms with Crippen molar-refractivity contribution in [3.8, 4) is 5.75 Å². The molecule has 1 heterocycles. The second-order valence-electron chi connectivity index (χ2n) is 5.69. The molecule has 0 aliphatic rings. The van der Waals surface area contributed by atoms with Gasteiger partial charge in [0.1, 0.15) is 11.3 Å². The molecule has 0 atom stereocenters. The summed E-state index contributed by atoms with van der Waals surface area (Å²) in [6, 6.07) is 14.4. The number of ether oxygens (including phenoxy) is 1. The van der Waals surface area contributed by atoms with Crippen LogP contribution in [0.5, 0.6) is 5.75 Å². The molecule has 3 rings (SSSR count). The number of likely N-dealkylation sites (N-methyl/N-ethyl adjacent to an activating group) is 1. The van der Waals surface area contributed by atoms with E-state index in [9.17, 15) is 14.4 Å². The van der Waals surface area contributed by atoms with Crippen LogP contribution in [0.15, 0.2) is 63.8 Å². The van der Waals surface area contributed by atoms with Crippen LogP contribution in [0, 0.1) is 0 Å². The maximum atomic E-state index is 12.4. The number of rotatable bonds is 6. The molecule has 7 heteroatoms. The predicted octanol–water partition coefficient (Wildman–Crippen LogP) is 2.56. The molecule has 0 saturated heterocycles. The lowest BCUT2D eigenvalue weighted by molar-refractivity contribution is -0.122. The zero-order valence-corrected chi connectivity index (χ0v) is 14.7. The zero-order chi connectivity index (χ0) is 19.2. The Balaban J connectivity index is 1.67. The van der Waals surface area contributed by atoms with Gasteiger partial charge in [-0.2, -0.15) is 0 Å². The number of fused-ring (bicyclic) bond motifs is 1. The number of hydrogen-bond donors (Lipinski definition) is 2. The van der Waals surface area contributed by atoms with E-state index in [4.69, 9.17) is 9.15 Å². The Labute approximate surface area is 154 Å². The molecule has 0 aliphatic carbocycles. The van der Waals surface area contributed by atoms with Gasteiger partial charge in [-0.15, -0.1) is 0 Å². The maximum Gasteiger partial charge on any atom is 0.291 e. The van der Waals surface area contributed by atoms with Gasteiger partial charge in [0, 0.05) is 18.3 Å². The Morgan fingerprint density at radius 2 is 1.81 bits per heavy atom. The third-order valence-electron chi connectivity index (χ3n) is 3.71. The SMILES string of the molecule is CCNC(=O)COc1ccc(NC(=O)c2cc(=O)c3ccccc3o2)cc1. The average Bonchev–Trinajstić information content (AvgIpc) is 2.67. The summed E-state index contributed by atoms with van der Waals surface area (Å²) in [6.07, 6.45) is 0. The van der Waals surface area contributed by atoms with Crippen molar-refractivity contribution in [2.75, 3.05) is 18.5 Å². The number of amides is 2. The van der Waals surface area contributed by atoms with E-state index in [-0.39, 0.29) is 23.7 Å². The summed E-state index contributed by atoms with van der Waals surface area (Å²) < 4.78 is 10.9. The van der Waals surface area contributed by atoms with Gasteiger partial charge in [0.2, 0.25) is 0 Å². The molecule has 1 aromatic heterocycles. The molecule has 0 radical (unpaired) electrons. The Kier molecular flexibility index (Phi) is 5.51. The molecule has 0 spiro atoms. The highest BCUT2D eigenvalue weighted by Crippen LogP contribution is 2.17. The normalized spacial score (nSPS) is 10.4. The minimum atomic E-state index is -0.533. The fourth-order valence-electron chi connectivity index (χ4n) is 2.44. The number of anilines is 1. The molecule has 138 valence electrons. The molecule has 0 bridgehead atoms. The number of nitrogens with one attached hydrogen (secondary N) is 2. The number of para-hydroxylation sites is 1. The van der Waals surface area contributed by atoms with Crippen LogP contribution >= 0.6 is 0 Å². The zero-order valence-electron chi connectivity index (χ0n) is 14.7. The molecular weight excluding hydrogens is 348 g/mol. The molecule has 2 aromatic carbocycles. The van der Waals surface area contributed by atoms with Crippen molar-refractivity contribution in [1.82, 2.24) is 5.32 Å². The van der Waals surface area contributed by atoms with Gasteiger partial charge in [-0.3, -0.25) is 14.4 Å². The fraction of sp³-hybridized carbons (Fsp3) is 0.150. The highest BCUT2D eigenvalue weighted by molar-refractivity contribution is 6.03. The number of carbonyl (C=O) groups is 2. The quantitative estimate of drug-likeness (QED) is 0.699. The Hall–Kier alpha value is -3.61. The molecule has 2 amide bonds. The highest BCUT2D eigenvalue weighted by Gasteiger charge is 2.12. The summed E-state index contributed by atoms with van der Waals surface area (Å²) in [5.41, 5.74) is 0.571. The monoisotopic (exact) mass is 366 g/mol. The topological polar surface area (TPSA) is 97.6 Å². The second kappa shape index (κ2) is 8.18. The number of benzene rings is 2. The van der Waals surface area contributed by atoms with Crippen molar-refractivity contribution < 1.29 is 18.7 Å². The molecule has 0 fully saturated rings. The summed E-state index contributed by atoms with van der Waals surface area (Å²) >= 11 is 0. The van der Waals surface area contributed by atoms with Gasteiger partial charge in [-0.25, -0.2) is 0 Å². The molecule has 0 unspecified atom stereocenters. The van der Waals surface area contributed by atoms with Crippen molar-refractivity contribution >= 4 is 28.5 Å². The van der Waals surface area contributed by atoms with Crippen molar-refractivity contribution in [2.24, 2.45) is 0 Å². The standard InChI is InChI=1S/C20H18N2O5/c1-2-21-19(24)12-26-14-9-7-13(8-10-14)22-20(25)18-11-16(23)15-5-3-4-6-17(15)27-18/h3-11H,2,12H2,1H3,(H,21,24)(H,22,25). The Bertz CT molecular complexity index is 1020. The third kappa shape index (κ3) is 4.52. The first-order valence-electron chi connectivity index (χ1n) is 8.40. The Morgan fingerprint density at radius 1 is 1.07 bits per heavy atom. The van der Waals surface area contributed by atoms with Crippen LogP contribution in [0.2, 0.25) is 0 Å². The lowest BCUT2D eigenvalue weighted by Crippen LogP contribution is -2.28. The van der Waals surface area contributed by atoms with Gasteiger partial charge in [0.05, 0.1) is 5.39 Å². The predicted molar refractivity (Wildman–Crippen MR) is 101 cm³/mol. The van der Waals surface area contributed by atoms with E-state index in [0.717, 1.165) is 0 Å². The van der Waals surface area contributed by atoms with Gasteiger partial charge >= 0.3 is 0 Å². The van der Waals surface area contributed by atoms with Crippen molar-refractivity contribution in [3.05, 3.63) is 70.6 Å². The van der Waals surface area contributed by atoms with Gasteiger partial charge in [0.25, 0.3) is 11.8 Å². The smallest absolute Gasteiger partial charge is 0.291 e. The first kappa shape index (κ1) is 18.2. The number of carbonyl (C=O) groups excluding carboxylic acids is 2. The van der Waals surface area contributed by atoms with Crippen molar-refractivity contribution in [1.29, 1.82) is 0 Å². The summed E-state index contributed by atoms with van der Waals surface area (Å²) in [6.45, 7) is 2.28. The molecule has 0 aliphatic heterocycles. The van der Waals surface area contributed by atoms with E-state index in [1.54, 1.807) is 48.5 Å². The first-order valence-corrected chi connectivity index (χ1v) is 8.40. The minimum absolute atomic E-state index is 0.0738. The van der Waals surface area contributed by atoms with Crippen LogP contribution in [0.4, 0.5) is 5.69 Å². The van der Waals surface area contributed by atoms with E-state index in [1.807, 2.05) is 6.92 Å². The molecular formula is C20H18N2O5. The van der Waals surface area contributed by atoms with Gasteiger partial charge in [0.15, 0.2) is 17.8 Å². The maximum absolute atomic E-state index is 12.4. The lowest BCUT2D eigenvalue weighted by atomic mass is 10.2. The van der Waals surface area contributed by atoms with Crippen molar-refractivity contribution in [2.45, 2.75) is 6.92 Å². The molecule has 3 aromatic rings. The van der Waals surface area contributed by atoms with E-state index >= 15 is 0 Å². The van der Waals surface area contributed by atoms with Crippen molar-refractivity contribution in [3.63, 3.8) is 0 Å². The largest absolute Gasteiger partial charge is 0.484 e. The van der Waals surface area contributed by atoms with Gasteiger partial charge in [-0.1, -0.05) is 12.1 Å². The summed E-state index contributed by atoms with van der Waals surface area (Å²) in [5, 5.41) is 5.71. The Morgan fingerprint density at radius 3 is 2.56 bits per heavy atom. The molecule has 0 saturated carbocycles. The van der Waals surface area contributed by atoms with Crippen LogP contribution in [0.3, 0.4) is 0 Å². The van der Waals surface area contributed by atoms with Gasteiger partial charge in [-0.05, 0) is 43.3 Å². The van der Waals surface area contributed by atoms with Crippen LogP contribution in [0.25, 0.3) is 11.0 Å². The number of hydrogen-bond acceptors (Lipinski definition) is 5. The summed E-state index contributed by atoms with van der Waals surface area (Å²) in [7, 11) is 0. The first-order chi connectivity index (χ1) is 13.1. The van der Waals surface area contributed by atoms with Crippen LogP contribution < -0.4 is 20.8 Å². The van der Waals surface area contributed by atoms with E-state index in [0.29, 0.717) is 29.0 Å². The molecule has 27 heavy (non-hydrogen) atoms. The van der Waals surface area contributed by atoms with Crippen LogP contribution in [0.1, 0.15) is 17.5 Å². The van der Waals surface area contributed by atoms with Gasteiger partial charge < -0.3 is 19.8 Å². The third-order valence-corrected chi connectivity index (χ3v) is 3.71. The van der Waals surface area contributed by atoms with Crippen LogP contribution in [-0.2, 0) is 4.79 Å². The molecule has 7 nitrogen and oxygen atoms in total. The lowest BCUT2D eigenvalue weighted by Gasteiger charge is -2.08. The van der Waals surface area contributed by atoms with E-state index in [1.165, 1.54) is 6.07 Å². The fourth-order valence-corrected chi connectivity index (χ4v) is 2.44. The summed E-state index contributed by atoms with van der Waals surface area (Å²) in [5.74, 6) is -0.318. The minimum Gasteiger partial charge on any atom is -0.484 e. The highest BCUT2D eigenvalue weighted by atomic mass is 16.5. The molecule has 2 N–H and O–H groups in total. The second-order valence-corrected chi connectivity index (χ2v) is 5.69. The summed E-state index contributed by atoms with van der Waals surface area (Å²) in [4.78, 5) is 35.8. The average molecular weight is 366 g/mol. The van der Waals surface area contributed by atoms with E-state index < -0.39 is 5.91 Å². The van der Waals surface area contributed by atoms with Crippen LogP contribution in [-0.4, -0.2) is 25.0 Å². The van der Waals surface area contributed by atoms with E-state index in [2.05, 4.69) is 10.6 Å².